The van der Waals surface area contributed by atoms with Crippen molar-refractivity contribution >= 4 is 71.2 Å². The predicted molar refractivity (Wildman–Crippen MR) is 242 cm³/mol. The van der Waals surface area contributed by atoms with Crippen LogP contribution in [0.1, 0.15) is 6.92 Å². The Kier molecular flexibility index (Phi) is 7.79. The lowest BCUT2D eigenvalue weighted by atomic mass is 10.0. The molecule has 0 aliphatic heterocycles. The molecule has 0 aliphatic rings. The van der Waals surface area contributed by atoms with Crippen LogP contribution in [0.4, 0.5) is 0 Å². The third kappa shape index (κ3) is 5.25. The predicted octanol–water partition coefficient (Wildman–Crippen LogP) is 14.2. The van der Waals surface area contributed by atoms with Gasteiger partial charge in [-0.1, -0.05) is 128 Å². The Balaban J connectivity index is 1.22. The number of allylic oxidation sites excluding steroid dienone is 5. The standard InChI is InChI=1S/C53H36N4O/c1-3-5-22-37(4-2)56-45-26-14-12-24-39(45)41-31-48-42(32-47(41)56)51-46(28-29-50-52(51)40-25-13-15-27-49(40)58-50)57(48)38-23-16-21-36(30-38)53-54-43(34-17-8-6-9-18-34)33-44(55-53)35-19-10-7-11-20-35/h3-33H,2H2,1H3/b5-3-,37-22+. The van der Waals surface area contributed by atoms with Gasteiger partial charge in [0, 0.05) is 60.4 Å². The van der Waals surface area contributed by atoms with Gasteiger partial charge in [0.25, 0.3) is 0 Å². The minimum Gasteiger partial charge on any atom is -0.456 e. The molecule has 7 aromatic carbocycles. The second-order valence-electron chi connectivity index (χ2n) is 14.6. The molecule has 4 heterocycles. The molecule has 11 aromatic rings. The van der Waals surface area contributed by atoms with Crippen LogP contribution in [0.2, 0.25) is 0 Å². The molecule has 0 bridgehead atoms. The number of hydrogen-bond acceptors (Lipinski definition) is 3. The molecule has 0 spiro atoms. The SMILES string of the molecule is C=C/C(=C\C=C/C)n1c2ccccc2c2cc3c(cc21)c1c2c(ccc1n3-c1cccc(-c3nc(-c4ccccc4)cc(-c4ccccc4)n3)c1)oc1ccccc12. The van der Waals surface area contributed by atoms with E-state index in [1.54, 1.807) is 0 Å². The number of benzene rings is 7. The maximum Gasteiger partial charge on any atom is 0.160 e. The molecule has 0 fully saturated rings. The molecule has 11 rings (SSSR count). The summed E-state index contributed by atoms with van der Waals surface area (Å²) in [6.07, 6.45) is 8.17. The van der Waals surface area contributed by atoms with Crippen LogP contribution < -0.4 is 0 Å². The molecule has 0 unspecified atom stereocenters. The van der Waals surface area contributed by atoms with E-state index >= 15 is 0 Å². The van der Waals surface area contributed by atoms with Crippen LogP contribution in [0.5, 0.6) is 0 Å². The summed E-state index contributed by atoms with van der Waals surface area (Å²) in [6.45, 7) is 6.27. The molecular weight excluding hydrogens is 709 g/mol. The van der Waals surface area contributed by atoms with Crippen LogP contribution in [0.15, 0.2) is 199 Å². The minimum atomic E-state index is 0.668. The first-order chi connectivity index (χ1) is 28.7. The van der Waals surface area contributed by atoms with Crippen molar-refractivity contribution in [3.63, 3.8) is 0 Å². The fourth-order valence-electron chi connectivity index (χ4n) is 8.64. The number of hydrogen-bond donors (Lipinski definition) is 0. The van der Waals surface area contributed by atoms with E-state index in [1.165, 1.54) is 5.39 Å². The normalized spacial score (nSPS) is 12.3. The topological polar surface area (TPSA) is 48.8 Å². The van der Waals surface area contributed by atoms with Crippen LogP contribution in [0, 0.1) is 0 Å². The lowest BCUT2D eigenvalue weighted by Crippen LogP contribution is -1.98. The molecule has 5 nitrogen and oxygen atoms in total. The van der Waals surface area contributed by atoms with E-state index in [0.29, 0.717) is 5.82 Å². The third-order valence-electron chi connectivity index (χ3n) is 11.2. The molecule has 0 radical (unpaired) electrons. The summed E-state index contributed by atoms with van der Waals surface area (Å²) >= 11 is 0. The Morgan fingerprint density at radius 2 is 1.21 bits per heavy atom. The maximum atomic E-state index is 6.49. The first-order valence-electron chi connectivity index (χ1n) is 19.6. The summed E-state index contributed by atoms with van der Waals surface area (Å²) in [5.41, 5.74) is 13.0. The summed E-state index contributed by atoms with van der Waals surface area (Å²) in [6, 6.07) is 57.4. The monoisotopic (exact) mass is 744 g/mol. The molecule has 0 amide bonds. The van der Waals surface area contributed by atoms with E-state index in [0.717, 1.165) is 99.6 Å². The number of furan rings is 1. The van der Waals surface area contributed by atoms with E-state index in [1.807, 2.05) is 61.5 Å². The third-order valence-corrected chi connectivity index (χ3v) is 11.2. The molecule has 0 saturated heterocycles. The quantitative estimate of drug-likeness (QED) is 0.153. The van der Waals surface area contributed by atoms with E-state index in [2.05, 4.69) is 149 Å². The highest BCUT2D eigenvalue weighted by Gasteiger charge is 2.22. The molecule has 0 atom stereocenters. The van der Waals surface area contributed by atoms with Gasteiger partial charge in [0.1, 0.15) is 11.2 Å². The second-order valence-corrected chi connectivity index (χ2v) is 14.6. The summed E-state index contributed by atoms with van der Waals surface area (Å²) < 4.78 is 11.2. The van der Waals surface area contributed by atoms with Crippen LogP contribution in [-0.2, 0) is 0 Å². The zero-order valence-electron chi connectivity index (χ0n) is 31.8. The molecule has 0 saturated carbocycles. The maximum absolute atomic E-state index is 6.49. The van der Waals surface area contributed by atoms with E-state index in [9.17, 15) is 0 Å². The van der Waals surface area contributed by atoms with E-state index in [4.69, 9.17) is 14.4 Å². The zero-order chi connectivity index (χ0) is 38.7. The Labute approximate surface area is 334 Å². The summed E-state index contributed by atoms with van der Waals surface area (Å²) in [5, 5.41) is 6.82. The number of para-hydroxylation sites is 2. The summed E-state index contributed by atoms with van der Waals surface area (Å²) in [7, 11) is 0. The van der Waals surface area contributed by atoms with Crippen molar-refractivity contribution in [1.82, 2.24) is 19.1 Å². The van der Waals surface area contributed by atoms with Crippen LogP contribution in [-0.4, -0.2) is 19.1 Å². The van der Waals surface area contributed by atoms with Gasteiger partial charge in [0.15, 0.2) is 5.82 Å². The van der Waals surface area contributed by atoms with Crippen LogP contribution >= 0.6 is 0 Å². The zero-order valence-corrected chi connectivity index (χ0v) is 31.8. The van der Waals surface area contributed by atoms with Gasteiger partial charge in [-0.15, -0.1) is 0 Å². The highest BCUT2D eigenvalue weighted by atomic mass is 16.3. The summed E-state index contributed by atoms with van der Waals surface area (Å²) in [5.74, 6) is 0.668. The molecule has 0 aliphatic carbocycles. The number of rotatable bonds is 7. The van der Waals surface area contributed by atoms with Crippen molar-refractivity contribution in [2.45, 2.75) is 6.92 Å². The van der Waals surface area contributed by atoms with Crippen molar-refractivity contribution in [2.24, 2.45) is 0 Å². The van der Waals surface area contributed by atoms with Crippen LogP contribution in [0.25, 0.3) is 111 Å². The fourth-order valence-corrected chi connectivity index (χ4v) is 8.64. The van der Waals surface area contributed by atoms with E-state index < -0.39 is 0 Å². The Hall–Kier alpha value is -7.76. The van der Waals surface area contributed by atoms with Crippen molar-refractivity contribution < 1.29 is 4.42 Å². The van der Waals surface area contributed by atoms with Crippen molar-refractivity contribution in [1.29, 1.82) is 0 Å². The largest absolute Gasteiger partial charge is 0.456 e. The first-order valence-corrected chi connectivity index (χ1v) is 19.6. The Morgan fingerprint density at radius 3 is 1.95 bits per heavy atom. The van der Waals surface area contributed by atoms with E-state index in [-0.39, 0.29) is 0 Å². The van der Waals surface area contributed by atoms with Gasteiger partial charge >= 0.3 is 0 Å². The smallest absolute Gasteiger partial charge is 0.160 e. The molecule has 58 heavy (non-hydrogen) atoms. The first kappa shape index (κ1) is 33.6. The molecule has 274 valence electrons. The minimum absolute atomic E-state index is 0.668. The van der Waals surface area contributed by atoms with Crippen molar-refractivity contribution in [3.05, 3.63) is 195 Å². The number of aromatic nitrogens is 4. The summed E-state index contributed by atoms with van der Waals surface area (Å²) in [4.78, 5) is 10.4. The van der Waals surface area contributed by atoms with Gasteiger partial charge in [-0.05, 0) is 73.7 Å². The highest BCUT2D eigenvalue weighted by Crippen LogP contribution is 2.44. The van der Waals surface area contributed by atoms with Gasteiger partial charge in [-0.3, -0.25) is 0 Å². The molecule has 0 N–H and O–H groups in total. The lowest BCUT2D eigenvalue weighted by Gasteiger charge is -2.12. The molecule has 4 aromatic heterocycles. The van der Waals surface area contributed by atoms with Gasteiger partial charge in [-0.2, -0.15) is 0 Å². The molecular formula is C53H36N4O. The van der Waals surface area contributed by atoms with Crippen LogP contribution in [0.3, 0.4) is 0 Å². The van der Waals surface area contributed by atoms with Crippen molar-refractivity contribution in [3.8, 4) is 39.6 Å². The number of fused-ring (bicyclic) bond motifs is 10. The second kappa shape index (κ2) is 13.5. The average Bonchev–Trinajstić information content (AvgIpc) is 3.94. The fraction of sp³-hybridized carbons (Fsp3) is 0.0189. The van der Waals surface area contributed by atoms with Gasteiger partial charge < -0.3 is 13.6 Å². The Morgan fingerprint density at radius 1 is 0.534 bits per heavy atom. The highest BCUT2D eigenvalue weighted by molar-refractivity contribution is 6.29. The van der Waals surface area contributed by atoms with Crippen molar-refractivity contribution in [2.75, 3.05) is 0 Å². The molecule has 5 heteroatoms. The average molecular weight is 745 g/mol. The number of nitrogens with zero attached hydrogens (tertiary/aromatic N) is 4. The van der Waals surface area contributed by atoms with Gasteiger partial charge in [0.2, 0.25) is 0 Å². The Bertz CT molecular complexity index is 3410. The van der Waals surface area contributed by atoms with Gasteiger partial charge in [-0.25, -0.2) is 9.97 Å². The lowest BCUT2D eigenvalue weighted by molar-refractivity contribution is 0.669. The van der Waals surface area contributed by atoms with Gasteiger partial charge in [0.05, 0.1) is 33.5 Å².